The van der Waals surface area contributed by atoms with Crippen molar-refractivity contribution >= 4 is 33.1 Å². The Kier molecular flexibility index (Phi) is 4.52. The summed E-state index contributed by atoms with van der Waals surface area (Å²) in [5.41, 5.74) is 10.9. The van der Waals surface area contributed by atoms with Crippen molar-refractivity contribution in [1.29, 1.82) is 0 Å². The number of pyridine rings is 1. The minimum Gasteiger partial charge on any atom is -0.388 e. The van der Waals surface area contributed by atoms with Gasteiger partial charge >= 0.3 is 0 Å². The number of amides is 1. The number of hydrogen-bond acceptors (Lipinski definition) is 6. The molecule has 8 nitrogen and oxygen atoms in total. The van der Waals surface area contributed by atoms with Crippen LogP contribution in [0.2, 0.25) is 0 Å². The molecule has 1 aliphatic rings. The van der Waals surface area contributed by atoms with Crippen molar-refractivity contribution < 1.29 is 17.9 Å². The Balaban J connectivity index is 2.35. The first-order valence-electron chi connectivity index (χ1n) is 5.99. The Bertz CT molecular complexity index is 659. The molecule has 10 heteroatoms. The summed E-state index contributed by atoms with van der Waals surface area (Å²) in [6.07, 6.45) is 1.15. The molecule has 0 saturated carbocycles. The molecule has 2 rings (SSSR count). The van der Waals surface area contributed by atoms with Crippen molar-refractivity contribution in [1.82, 2.24) is 9.29 Å². The summed E-state index contributed by atoms with van der Waals surface area (Å²) in [5, 5.41) is 0. The summed E-state index contributed by atoms with van der Waals surface area (Å²) >= 11 is 4.75. The number of hydrogen-bond donors (Lipinski definition) is 2. The van der Waals surface area contributed by atoms with E-state index in [4.69, 9.17) is 28.4 Å². The van der Waals surface area contributed by atoms with E-state index < -0.39 is 22.0 Å². The average Bonchev–Trinajstić information content (AvgIpc) is 2.47. The van der Waals surface area contributed by atoms with Gasteiger partial charge in [0, 0.05) is 12.7 Å². The van der Waals surface area contributed by atoms with Crippen molar-refractivity contribution in [2.45, 2.75) is 10.9 Å². The minimum absolute atomic E-state index is 0.0486. The molecule has 4 N–H and O–H groups in total. The summed E-state index contributed by atoms with van der Waals surface area (Å²) in [5.74, 6) is -0.758. The van der Waals surface area contributed by atoms with Crippen molar-refractivity contribution in [3.8, 4) is 0 Å². The van der Waals surface area contributed by atoms with E-state index in [1.807, 2.05) is 0 Å². The SMILES string of the molecule is NC(=O)C1COCCN1S(=O)(=O)c1ccc(C(N)=S)nc1. The van der Waals surface area contributed by atoms with Gasteiger partial charge in [0.25, 0.3) is 0 Å². The van der Waals surface area contributed by atoms with Crippen LogP contribution in [0.1, 0.15) is 5.69 Å². The number of carbonyl (C=O) groups is 1. The zero-order chi connectivity index (χ0) is 15.6. The van der Waals surface area contributed by atoms with Gasteiger partial charge in [-0.3, -0.25) is 9.78 Å². The highest BCUT2D eigenvalue weighted by molar-refractivity contribution is 7.89. The van der Waals surface area contributed by atoms with Crippen molar-refractivity contribution in [3.05, 3.63) is 24.0 Å². The molecule has 0 bridgehead atoms. The first kappa shape index (κ1) is 15.8. The van der Waals surface area contributed by atoms with Crippen LogP contribution in [0.15, 0.2) is 23.2 Å². The molecule has 1 aromatic rings. The number of carbonyl (C=O) groups excluding carboxylic acids is 1. The Morgan fingerprint density at radius 3 is 2.67 bits per heavy atom. The van der Waals surface area contributed by atoms with Gasteiger partial charge in [-0.05, 0) is 12.1 Å². The number of nitrogens with zero attached hydrogens (tertiary/aromatic N) is 2. The fourth-order valence-electron chi connectivity index (χ4n) is 1.91. The average molecular weight is 330 g/mol. The highest BCUT2D eigenvalue weighted by Crippen LogP contribution is 2.20. The number of primary amides is 1. The van der Waals surface area contributed by atoms with E-state index >= 15 is 0 Å². The molecular weight excluding hydrogens is 316 g/mol. The summed E-state index contributed by atoms with van der Waals surface area (Å²) in [6, 6.07) is 1.72. The third kappa shape index (κ3) is 3.18. The quantitative estimate of drug-likeness (QED) is 0.649. The van der Waals surface area contributed by atoms with E-state index in [0.717, 1.165) is 10.5 Å². The lowest BCUT2D eigenvalue weighted by Crippen LogP contribution is -2.54. The van der Waals surface area contributed by atoms with Gasteiger partial charge in [0.2, 0.25) is 15.9 Å². The van der Waals surface area contributed by atoms with Gasteiger partial charge in [0.1, 0.15) is 15.9 Å². The second-order valence-corrected chi connectivity index (χ2v) is 6.68. The standard InChI is InChI=1S/C11H14N4O4S2/c12-10(16)9-6-19-4-3-15(9)21(17,18)7-1-2-8(11(13)20)14-5-7/h1-2,5,9H,3-4,6H2,(H2,12,16)(H2,13,20). The van der Waals surface area contributed by atoms with Crippen LogP contribution in [0.4, 0.5) is 0 Å². The zero-order valence-corrected chi connectivity index (χ0v) is 12.6. The van der Waals surface area contributed by atoms with Gasteiger partial charge in [-0.2, -0.15) is 4.31 Å². The molecule has 0 aliphatic carbocycles. The first-order valence-corrected chi connectivity index (χ1v) is 7.83. The van der Waals surface area contributed by atoms with Crippen molar-refractivity contribution in [2.75, 3.05) is 19.8 Å². The van der Waals surface area contributed by atoms with Crippen LogP contribution in [0.25, 0.3) is 0 Å². The van der Waals surface area contributed by atoms with Crippen LogP contribution < -0.4 is 11.5 Å². The largest absolute Gasteiger partial charge is 0.388 e. The Morgan fingerprint density at radius 1 is 1.43 bits per heavy atom. The Hall–Kier alpha value is -1.62. The molecule has 21 heavy (non-hydrogen) atoms. The molecule has 114 valence electrons. The number of thiocarbonyl (C=S) groups is 1. The maximum absolute atomic E-state index is 12.5. The number of rotatable bonds is 4. The predicted octanol–water partition coefficient (Wildman–Crippen LogP) is -1.41. The molecule has 1 aromatic heterocycles. The van der Waals surface area contributed by atoms with E-state index in [1.54, 1.807) is 0 Å². The minimum atomic E-state index is -3.89. The molecule has 1 atom stereocenters. The summed E-state index contributed by atoms with van der Waals surface area (Å²) < 4.78 is 31.2. The van der Waals surface area contributed by atoms with E-state index in [2.05, 4.69) is 4.98 Å². The summed E-state index contributed by atoms with van der Waals surface area (Å²) in [7, 11) is -3.89. The molecule has 0 radical (unpaired) electrons. The molecule has 1 amide bonds. The molecule has 0 spiro atoms. The maximum atomic E-state index is 12.5. The van der Waals surface area contributed by atoms with Gasteiger partial charge in [0.05, 0.1) is 18.9 Å². The zero-order valence-electron chi connectivity index (χ0n) is 10.9. The highest BCUT2D eigenvalue weighted by atomic mass is 32.2. The van der Waals surface area contributed by atoms with Gasteiger partial charge in [-0.1, -0.05) is 12.2 Å². The van der Waals surface area contributed by atoms with Gasteiger partial charge in [-0.15, -0.1) is 0 Å². The Labute approximate surface area is 127 Å². The second kappa shape index (κ2) is 6.02. The number of nitrogens with two attached hydrogens (primary N) is 2. The lowest BCUT2D eigenvalue weighted by Gasteiger charge is -2.32. The van der Waals surface area contributed by atoms with Crippen LogP contribution in [0.3, 0.4) is 0 Å². The molecule has 2 heterocycles. The van der Waals surface area contributed by atoms with Crippen LogP contribution in [0.5, 0.6) is 0 Å². The van der Waals surface area contributed by atoms with E-state index in [9.17, 15) is 13.2 Å². The van der Waals surface area contributed by atoms with Gasteiger partial charge in [-0.25, -0.2) is 8.42 Å². The summed E-state index contributed by atoms with van der Waals surface area (Å²) in [4.78, 5) is 15.3. The number of aromatic nitrogens is 1. The number of sulfonamides is 1. The lowest BCUT2D eigenvalue weighted by atomic mass is 10.3. The third-order valence-corrected chi connectivity index (χ3v) is 5.10. The molecule has 1 unspecified atom stereocenters. The van der Waals surface area contributed by atoms with Crippen LogP contribution >= 0.6 is 12.2 Å². The second-order valence-electron chi connectivity index (χ2n) is 4.35. The molecule has 1 fully saturated rings. The third-order valence-electron chi connectivity index (χ3n) is 3.00. The van der Waals surface area contributed by atoms with E-state index in [0.29, 0.717) is 5.69 Å². The molecular formula is C11H14N4O4S2. The van der Waals surface area contributed by atoms with Gasteiger partial charge < -0.3 is 16.2 Å². The smallest absolute Gasteiger partial charge is 0.245 e. The van der Waals surface area contributed by atoms with E-state index in [-0.39, 0.29) is 29.6 Å². The predicted molar refractivity (Wildman–Crippen MR) is 77.8 cm³/mol. The topological polar surface area (TPSA) is 129 Å². The highest BCUT2D eigenvalue weighted by Gasteiger charge is 2.37. The maximum Gasteiger partial charge on any atom is 0.245 e. The number of morpholine rings is 1. The van der Waals surface area contributed by atoms with Crippen LogP contribution in [-0.2, 0) is 19.6 Å². The fourth-order valence-corrected chi connectivity index (χ4v) is 3.55. The lowest BCUT2D eigenvalue weighted by molar-refractivity contribution is -0.125. The first-order chi connectivity index (χ1) is 9.84. The van der Waals surface area contributed by atoms with Crippen molar-refractivity contribution in [3.63, 3.8) is 0 Å². The van der Waals surface area contributed by atoms with Crippen LogP contribution in [0, 0.1) is 0 Å². The normalized spacial score (nSPS) is 20.1. The number of ether oxygens (including phenoxy) is 1. The van der Waals surface area contributed by atoms with Gasteiger partial charge in [0.15, 0.2) is 0 Å². The summed E-state index contributed by atoms with van der Waals surface area (Å²) in [6.45, 7) is 0.182. The fraction of sp³-hybridized carbons (Fsp3) is 0.364. The van der Waals surface area contributed by atoms with Crippen molar-refractivity contribution in [2.24, 2.45) is 11.5 Å². The van der Waals surface area contributed by atoms with Crippen LogP contribution in [-0.4, -0.2) is 54.4 Å². The molecule has 1 aliphatic heterocycles. The monoisotopic (exact) mass is 330 g/mol. The molecule has 1 saturated heterocycles. The molecule has 0 aromatic carbocycles. The van der Waals surface area contributed by atoms with E-state index in [1.165, 1.54) is 12.1 Å². The Morgan fingerprint density at radius 2 is 2.14 bits per heavy atom.